The van der Waals surface area contributed by atoms with Crippen molar-refractivity contribution in [3.63, 3.8) is 0 Å². The second-order valence-corrected chi connectivity index (χ2v) is 4.99. The highest BCUT2D eigenvalue weighted by Gasteiger charge is 2.16. The Balaban J connectivity index is 3.46. The number of sulfone groups is 1. The van der Waals surface area contributed by atoms with Crippen molar-refractivity contribution in [1.82, 2.24) is 0 Å². The molecule has 0 aromatic heterocycles. The van der Waals surface area contributed by atoms with Crippen molar-refractivity contribution < 1.29 is 17.9 Å². The van der Waals surface area contributed by atoms with E-state index in [2.05, 4.69) is 0 Å². The lowest BCUT2D eigenvalue weighted by Crippen LogP contribution is -2.12. The molecule has 0 unspecified atom stereocenters. The quantitative estimate of drug-likeness (QED) is 0.802. The molecule has 0 atom stereocenters. The first-order chi connectivity index (χ1) is 6.86. The van der Waals surface area contributed by atoms with Crippen molar-refractivity contribution in [3.05, 3.63) is 23.8 Å². The number of rotatable bonds is 3. The van der Waals surface area contributed by atoms with Crippen LogP contribution >= 0.6 is 0 Å². The van der Waals surface area contributed by atoms with Gasteiger partial charge in [-0.2, -0.15) is 0 Å². The predicted molar refractivity (Wildman–Crippen MR) is 54.6 cm³/mol. The maximum atomic E-state index is 11.4. The zero-order valence-electron chi connectivity index (χ0n) is 8.35. The smallest absolute Gasteiger partial charge is 0.248 e. The Morgan fingerprint density at radius 1 is 1.40 bits per heavy atom. The lowest BCUT2D eigenvalue weighted by atomic mass is 10.2. The monoisotopic (exact) mass is 229 g/mol. The summed E-state index contributed by atoms with van der Waals surface area (Å²) in [6, 6.07) is 4.02. The van der Waals surface area contributed by atoms with Crippen LogP contribution in [0.2, 0.25) is 0 Å². The number of hydrogen-bond acceptors (Lipinski definition) is 4. The van der Waals surface area contributed by atoms with Gasteiger partial charge in [-0.1, -0.05) is 0 Å². The number of hydrogen-bond donors (Lipinski definition) is 1. The Morgan fingerprint density at radius 3 is 2.40 bits per heavy atom. The van der Waals surface area contributed by atoms with Crippen molar-refractivity contribution in [3.8, 4) is 5.75 Å². The summed E-state index contributed by atoms with van der Waals surface area (Å²) in [5.41, 5.74) is 5.18. The average molecular weight is 229 g/mol. The Hall–Kier alpha value is -1.56. The Bertz CT molecular complexity index is 493. The largest absolute Gasteiger partial charge is 0.495 e. The summed E-state index contributed by atoms with van der Waals surface area (Å²) in [6.45, 7) is 0. The first-order valence-corrected chi connectivity index (χ1v) is 5.93. The van der Waals surface area contributed by atoms with Crippen LogP contribution in [-0.2, 0) is 9.84 Å². The summed E-state index contributed by atoms with van der Waals surface area (Å²) in [5, 5.41) is 0. The van der Waals surface area contributed by atoms with Gasteiger partial charge in [-0.15, -0.1) is 0 Å². The second-order valence-electron chi connectivity index (χ2n) is 3.00. The third-order valence-electron chi connectivity index (χ3n) is 1.85. The molecule has 0 heterocycles. The van der Waals surface area contributed by atoms with Crippen LogP contribution in [0.25, 0.3) is 0 Å². The molecule has 15 heavy (non-hydrogen) atoms. The standard InChI is InChI=1S/C9H11NO4S/c1-14-7-4-3-6(9(10)11)5-8(7)15(2,12)13/h3-5H,1-2H3,(H2,10,11). The number of primary amides is 1. The van der Waals surface area contributed by atoms with Gasteiger partial charge in [0.15, 0.2) is 9.84 Å². The highest BCUT2D eigenvalue weighted by Crippen LogP contribution is 2.24. The predicted octanol–water partition coefficient (Wildman–Crippen LogP) is 0.198. The average Bonchev–Trinajstić information content (AvgIpc) is 2.15. The van der Waals surface area contributed by atoms with Crippen LogP contribution in [0, 0.1) is 0 Å². The number of nitrogens with two attached hydrogens (primary N) is 1. The molecule has 0 fully saturated rings. The molecular weight excluding hydrogens is 218 g/mol. The zero-order chi connectivity index (χ0) is 11.6. The van der Waals surface area contributed by atoms with Gasteiger partial charge in [0.1, 0.15) is 10.6 Å². The van der Waals surface area contributed by atoms with Crippen molar-refractivity contribution in [2.45, 2.75) is 4.90 Å². The first-order valence-electron chi connectivity index (χ1n) is 4.04. The summed E-state index contributed by atoms with van der Waals surface area (Å²) in [4.78, 5) is 10.8. The van der Waals surface area contributed by atoms with E-state index in [0.717, 1.165) is 6.26 Å². The molecule has 82 valence electrons. The van der Waals surface area contributed by atoms with Gasteiger partial charge in [-0.3, -0.25) is 4.79 Å². The molecule has 1 rings (SSSR count). The minimum absolute atomic E-state index is 0.0405. The van der Waals surface area contributed by atoms with E-state index in [4.69, 9.17) is 10.5 Å². The van der Waals surface area contributed by atoms with Gasteiger partial charge in [0.25, 0.3) is 0 Å². The van der Waals surface area contributed by atoms with Gasteiger partial charge < -0.3 is 10.5 Å². The van der Waals surface area contributed by atoms with E-state index in [0.29, 0.717) is 0 Å². The highest BCUT2D eigenvalue weighted by atomic mass is 32.2. The van der Waals surface area contributed by atoms with E-state index in [1.165, 1.54) is 25.3 Å². The highest BCUT2D eigenvalue weighted by molar-refractivity contribution is 7.90. The minimum Gasteiger partial charge on any atom is -0.495 e. The number of carbonyl (C=O) groups is 1. The summed E-state index contributed by atoms with van der Waals surface area (Å²) in [5.74, 6) is -0.481. The normalized spacial score (nSPS) is 11.1. The van der Waals surface area contributed by atoms with Gasteiger partial charge in [0.05, 0.1) is 7.11 Å². The van der Waals surface area contributed by atoms with Crippen molar-refractivity contribution >= 4 is 15.7 Å². The van der Waals surface area contributed by atoms with E-state index in [1.54, 1.807) is 0 Å². The summed E-state index contributed by atoms with van der Waals surface area (Å²) >= 11 is 0. The molecule has 0 spiro atoms. The maximum Gasteiger partial charge on any atom is 0.248 e. The summed E-state index contributed by atoms with van der Waals surface area (Å²) in [6.07, 6.45) is 1.04. The van der Waals surface area contributed by atoms with Crippen LogP contribution in [0.4, 0.5) is 0 Å². The van der Waals surface area contributed by atoms with Crippen LogP contribution < -0.4 is 10.5 Å². The van der Waals surface area contributed by atoms with Gasteiger partial charge >= 0.3 is 0 Å². The molecule has 1 amide bonds. The number of methoxy groups -OCH3 is 1. The zero-order valence-corrected chi connectivity index (χ0v) is 9.17. The fourth-order valence-electron chi connectivity index (χ4n) is 1.12. The fourth-order valence-corrected chi connectivity index (χ4v) is 1.98. The number of amides is 1. The van der Waals surface area contributed by atoms with Crippen LogP contribution in [-0.4, -0.2) is 27.7 Å². The number of ether oxygens (including phenoxy) is 1. The molecule has 0 aliphatic rings. The van der Waals surface area contributed by atoms with Gasteiger partial charge in [0.2, 0.25) is 5.91 Å². The van der Waals surface area contributed by atoms with Gasteiger partial charge in [-0.25, -0.2) is 8.42 Å². The SMILES string of the molecule is COc1ccc(C(N)=O)cc1S(C)(=O)=O. The summed E-state index contributed by atoms with van der Waals surface area (Å²) in [7, 11) is -2.08. The first kappa shape index (κ1) is 11.5. The fraction of sp³-hybridized carbons (Fsp3) is 0.222. The Morgan fingerprint density at radius 2 is 2.00 bits per heavy atom. The van der Waals surface area contributed by atoms with Crippen LogP contribution in [0.15, 0.2) is 23.1 Å². The van der Waals surface area contributed by atoms with Crippen molar-refractivity contribution in [2.24, 2.45) is 5.73 Å². The molecule has 0 saturated heterocycles. The lowest BCUT2D eigenvalue weighted by molar-refractivity contribution is 0.1000. The van der Waals surface area contributed by atoms with E-state index in [-0.39, 0.29) is 16.2 Å². The van der Waals surface area contributed by atoms with E-state index in [9.17, 15) is 13.2 Å². The lowest BCUT2D eigenvalue weighted by Gasteiger charge is -2.07. The molecule has 6 heteroatoms. The molecule has 0 radical (unpaired) electrons. The van der Waals surface area contributed by atoms with E-state index in [1.807, 2.05) is 0 Å². The second kappa shape index (κ2) is 3.90. The number of carbonyl (C=O) groups excluding carboxylic acids is 1. The molecule has 1 aromatic rings. The van der Waals surface area contributed by atoms with E-state index < -0.39 is 15.7 Å². The number of benzene rings is 1. The van der Waals surface area contributed by atoms with E-state index >= 15 is 0 Å². The third kappa shape index (κ3) is 2.47. The maximum absolute atomic E-state index is 11.4. The molecule has 1 aromatic carbocycles. The van der Waals surface area contributed by atoms with Gasteiger partial charge in [0, 0.05) is 11.8 Å². The van der Waals surface area contributed by atoms with Crippen LogP contribution in [0.1, 0.15) is 10.4 Å². The van der Waals surface area contributed by atoms with Crippen LogP contribution in [0.5, 0.6) is 5.75 Å². The molecule has 0 aliphatic heterocycles. The topological polar surface area (TPSA) is 86.5 Å². The molecule has 5 nitrogen and oxygen atoms in total. The molecule has 2 N–H and O–H groups in total. The Labute approximate surface area is 87.8 Å². The van der Waals surface area contributed by atoms with Crippen molar-refractivity contribution in [2.75, 3.05) is 13.4 Å². The molecule has 0 saturated carbocycles. The third-order valence-corrected chi connectivity index (χ3v) is 2.97. The Kier molecular flexibility index (Phi) is 2.99. The minimum atomic E-state index is -3.43. The molecule has 0 aliphatic carbocycles. The van der Waals surface area contributed by atoms with Gasteiger partial charge in [-0.05, 0) is 18.2 Å². The molecule has 0 bridgehead atoms. The summed E-state index contributed by atoms with van der Waals surface area (Å²) < 4.78 is 27.6. The van der Waals surface area contributed by atoms with Crippen molar-refractivity contribution in [1.29, 1.82) is 0 Å². The van der Waals surface area contributed by atoms with Crippen LogP contribution in [0.3, 0.4) is 0 Å². The molecular formula is C9H11NO4S.